The van der Waals surface area contributed by atoms with Gasteiger partial charge in [0, 0.05) is 26.1 Å². The summed E-state index contributed by atoms with van der Waals surface area (Å²) in [7, 11) is 3.19. The minimum atomic E-state index is -0.328. The maximum Gasteiger partial charge on any atom is 0.305 e. The van der Waals surface area contributed by atoms with E-state index in [1.807, 2.05) is 13.2 Å². The Hall–Kier alpha value is -1.65. The molecule has 0 saturated carbocycles. The summed E-state index contributed by atoms with van der Waals surface area (Å²) in [5, 5.41) is 4.06. The van der Waals surface area contributed by atoms with Crippen molar-refractivity contribution in [1.82, 2.24) is 9.78 Å². The molecule has 94 valence electrons. The van der Waals surface area contributed by atoms with Crippen molar-refractivity contribution >= 4 is 11.8 Å². The van der Waals surface area contributed by atoms with E-state index in [2.05, 4.69) is 9.84 Å². The smallest absolute Gasteiger partial charge is 0.305 e. The Kier molecular flexibility index (Phi) is 5.39. The third kappa shape index (κ3) is 5.29. The average molecular weight is 238 g/mol. The molecule has 0 aromatic carbocycles. The monoisotopic (exact) mass is 238 g/mol. The van der Waals surface area contributed by atoms with E-state index in [-0.39, 0.29) is 24.6 Å². The van der Waals surface area contributed by atoms with E-state index in [1.165, 1.54) is 7.11 Å². The molecule has 0 atom stereocenters. The fourth-order valence-electron chi connectivity index (χ4n) is 1.56. The van der Waals surface area contributed by atoms with Crippen LogP contribution < -0.4 is 0 Å². The van der Waals surface area contributed by atoms with Crippen LogP contribution in [0.2, 0.25) is 0 Å². The number of hydrogen-bond acceptors (Lipinski definition) is 4. The third-order valence-corrected chi connectivity index (χ3v) is 2.52. The van der Waals surface area contributed by atoms with Crippen LogP contribution in [0.5, 0.6) is 0 Å². The van der Waals surface area contributed by atoms with E-state index in [9.17, 15) is 9.59 Å². The van der Waals surface area contributed by atoms with Crippen molar-refractivity contribution in [1.29, 1.82) is 0 Å². The number of methoxy groups -OCH3 is 1. The van der Waals surface area contributed by atoms with Gasteiger partial charge in [0.2, 0.25) is 0 Å². The maximum absolute atomic E-state index is 11.4. The highest BCUT2D eigenvalue weighted by molar-refractivity contribution is 5.82. The summed E-state index contributed by atoms with van der Waals surface area (Å²) in [6.07, 6.45) is 6.36. The SMILES string of the molecule is COC(=O)CCC(=O)CCCc1cnn(C)c1. The second-order valence-corrected chi connectivity index (χ2v) is 3.99. The predicted octanol–water partition coefficient (Wildman–Crippen LogP) is 1.27. The first-order valence-electron chi connectivity index (χ1n) is 5.68. The van der Waals surface area contributed by atoms with Gasteiger partial charge < -0.3 is 4.74 Å². The minimum Gasteiger partial charge on any atom is -0.469 e. The van der Waals surface area contributed by atoms with Gasteiger partial charge in [0.25, 0.3) is 0 Å². The Morgan fingerprint density at radius 2 is 2.12 bits per heavy atom. The Labute approximate surface area is 101 Å². The molecule has 0 saturated heterocycles. The van der Waals surface area contributed by atoms with Crippen LogP contribution in [-0.4, -0.2) is 28.6 Å². The topological polar surface area (TPSA) is 61.2 Å². The molecule has 17 heavy (non-hydrogen) atoms. The molecule has 0 aliphatic rings. The fourth-order valence-corrected chi connectivity index (χ4v) is 1.56. The molecule has 0 radical (unpaired) electrons. The number of rotatable bonds is 7. The molecule has 1 rings (SSSR count). The fraction of sp³-hybridized carbons (Fsp3) is 0.583. The number of hydrogen-bond donors (Lipinski definition) is 0. The summed E-state index contributed by atoms with van der Waals surface area (Å²) >= 11 is 0. The highest BCUT2D eigenvalue weighted by Crippen LogP contribution is 2.06. The summed E-state index contributed by atoms with van der Waals surface area (Å²) in [5.74, 6) is -0.218. The number of ketones is 1. The lowest BCUT2D eigenvalue weighted by molar-refractivity contribution is -0.141. The molecule has 5 nitrogen and oxygen atoms in total. The van der Waals surface area contributed by atoms with Gasteiger partial charge in [-0.2, -0.15) is 5.10 Å². The molecular formula is C12H18N2O3. The number of aromatic nitrogens is 2. The van der Waals surface area contributed by atoms with Crippen LogP contribution in [0.25, 0.3) is 0 Å². The second-order valence-electron chi connectivity index (χ2n) is 3.99. The number of Topliss-reactive ketones (excluding diaryl/α,β-unsaturated/α-hetero) is 1. The van der Waals surface area contributed by atoms with Crippen molar-refractivity contribution in [2.24, 2.45) is 7.05 Å². The number of carbonyl (C=O) groups is 2. The van der Waals surface area contributed by atoms with E-state index >= 15 is 0 Å². The van der Waals surface area contributed by atoms with E-state index in [0.29, 0.717) is 6.42 Å². The highest BCUT2D eigenvalue weighted by atomic mass is 16.5. The van der Waals surface area contributed by atoms with Crippen molar-refractivity contribution in [3.05, 3.63) is 18.0 Å². The number of nitrogens with zero attached hydrogens (tertiary/aromatic N) is 2. The molecule has 0 fully saturated rings. The van der Waals surface area contributed by atoms with Gasteiger partial charge in [0.1, 0.15) is 5.78 Å². The molecule has 0 N–H and O–H groups in total. The Bertz CT molecular complexity index is 385. The van der Waals surface area contributed by atoms with Gasteiger partial charge in [0.15, 0.2) is 0 Å². The molecule has 0 spiro atoms. The summed E-state index contributed by atoms with van der Waals surface area (Å²) in [4.78, 5) is 22.3. The van der Waals surface area contributed by atoms with E-state index in [1.54, 1.807) is 10.9 Å². The maximum atomic E-state index is 11.4. The summed E-state index contributed by atoms with van der Waals surface area (Å²) in [6, 6.07) is 0. The molecule has 1 heterocycles. The Morgan fingerprint density at radius 3 is 2.71 bits per heavy atom. The van der Waals surface area contributed by atoms with Gasteiger partial charge in [0.05, 0.1) is 19.7 Å². The molecule has 1 aromatic rings. The number of esters is 1. The van der Waals surface area contributed by atoms with Gasteiger partial charge in [-0.3, -0.25) is 14.3 Å². The normalized spacial score (nSPS) is 10.2. The van der Waals surface area contributed by atoms with Crippen molar-refractivity contribution in [3.8, 4) is 0 Å². The second kappa shape index (κ2) is 6.83. The van der Waals surface area contributed by atoms with Crippen LogP contribution in [0.3, 0.4) is 0 Å². The first-order valence-corrected chi connectivity index (χ1v) is 5.68. The van der Waals surface area contributed by atoms with Crippen LogP contribution in [0.1, 0.15) is 31.2 Å². The number of aryl methyl sites for hydroxylation is 2. The van der Waals surface area contributed by atoms with Crippen LogP contribution in [0, 0.1) is 0 Å². The van der Waals surface area contributed by atoms with Gasteiger partial charge in [-0.05, 0) is 18.4 Å². The predicted molar refractivity (Wildman–Crippen MR) is 62.4 cm³/mol. The van der Waals surface area contributed by atoms with Crippen molar-refractivity contribution in [2.45, 2.75) is 32.1 Å². The first kappa shape index (κ1) is 13.4. The zero-order chi connectivity index (χ0) is 12.7. The largest absolute Gasteiger partial charge is 0.469 e. The quantitative estimate of drug-likeness (QED) is 0.671. The lowest BCUT2D eigenvalue weighted by Gasteiger charge is -1.99. The Morgan fingerprint density at radius 1 is 1.35 bits per heavy atom. The zero-order valence-electron chi connectivity index (χ0n) is 10.3. The van der Waals surface area contributed by atoms with E-state index in [0.717, 1.165) is 18.4 Å². The highest BCUT2D eigenvalue weighted by Gasteiger charge is 2.07. The zero-order valence-corrected chi connectivity index (χ0v) is 10.3. The number of ether oxygens (including phenoxy) is 1. The minimum absolute atomic E-state index is 0.110. The summed E-state index contributed by atoms with van der Waals surface area (Å²) in [5.41, 5.74) is 1.13. The molecule has 1 aromatic heterocycles. The molecular weight excluding hydrogens is 220 g/mol. The van der Waals surface area contributed by atoms with Crippen LogP contribution in [0.15, 0.2) is 12.4 Å². The van der Waals surface area contributed by atoms with Gasteiger partial charge in [-0.15, -0.1) is 0 Å². The molecule has 0 amide bonds. The average Bonchev–Trinajstić information content (AvgIpc) is 2.72. The lowest BCUT2D eigenvalue weighted by atomic mass is 10.1. The van der Waals surface area contributed by atoms with E-state index < -0.39 is 0 Å². The van der Waals surface area contributed by atoms with Crippen molar-refractivity contribution in [3.63, 3.8) is 0 Å². The van der Waals surface area contributed by atoms with Crippen LogP contribution in [-0.2, 0) is 27.8 Å². The molecule has 0 aliphatic heterocycles. The number of carbonyl (C=O) groups excluding carboxylic acids is 2. The third-order valence-electron chi connectivity index (χ3n) is 2.52. The van der Waals surface area contributed by atoms with E-state index in [4.69, 9.17) is 0 Å². The van der Waals surface area contributed by atoms with Crippen molar-refractivity contribution in [2.75, 3.05) is 7.11 Å². The first-order chi connectivity index (χ1) is 8.11. The molecule has 0 unspecified atom stereocenters. The van der Waals surface area contributed by atoms with Gasteiger partial charge in [-0.1, -0.05) is 0 Å². The van der Waals surface area contributed by atoms with Crippen LogP contribution >= 0.6 is 0 Å². The molecule has 0 bridgehead atoms. The van der Waals surface area contributed by atoms with Gasteiger partial charge in [-0.25, -0.2) is 0 Å². The summed E-state index contributed by atoms with van der Waals surface area (Å²) in [6.45, 7) is 0. The standard InChI is InChI=1S/C12H18N2O3/c1-14-9-10(8-13-14)4-3-5-11(15)6-7-12(16)17-2/h8-9H,3-7H2,1-2H3. The van der Waals surface area contributed by atoms with Crippen molar-refractivity contribution < 1.29 is 14.3 Å². The molecule has 5 heteroatoms. The molecule has 0 aliphatic carbocycles. The lowest BCUT2D eigenvalue weighted by Crippen LogP contribution is -2.05. The summed E-state index contributed by atoms with van der Waals surface area (Å²) < 4.78 is 6.22. The van der Waals surface area contributed by atoms with Gasteiger partial charge >= 0.3 is 5.97 Å². The Balaban J connectivity index is 2.14. The van der Waals surface area contributed by atoms with Crippen LogP contribution in [0.4, 0.5) is 0 Å².